The number of methoxy groups -OCH3 is 1. The molecule has 1 N–H and O–H groups in total. The van der Waals surface area contributed by atoms with Crippen molar-refractivity contribution in [3.8, 4) is 11.5 Å². The van der Waals surface area contributed by atoms with Crippen LogP contribution < -0.4 is 9.47 Å². The predicted octanol–water partition coefficient (Wildman–Crippen LogP) is 3.41. The van der Waals surface area contributed by atoms with E-state index < -0.39 is 5.97 Å². The number of carboxylic acids is 1. The topological polar surface area (TPSA) is 55.8 Å². The van der Waals surface area contributed by atoms with Crippen molar-refractivity contribution in [2.75, 3.05) is 7.11 Å². The summed E-state index contributed by atoms with van der Waals surface area (Å²) < 4.78 is 12.0. The molecule has 1 saturated carbocycles. The zero-order valence-corrected chi connectivity index (χ0v) is 12.4. The Hall–Kier alpha value is -1.23. The van der Waals surface area contributed by atoms with Gasteiger partial charge in [0.05, 0.1) is 24.1 Å². The molecule has 1 aliphatic carbocycles. The van der Waals surface area contributed by atoms with Gasteiger partial charge in [0, 0.05) is 0 Å². The lowest BCUT2D eigenvalue weighted by Gasteiger charge is -2.18. The predicted molar refractivity (Wildman–Crippen MR) is 74.9 cm³/mol. The molecule has 1 aliphatic rings. The van der Waals surface area contributed by atoms with Crippen molar-refractivity contribution in [1.82, 2.24) is 0 Å². The van der Waals surface area contributed by atoms with Gasteiger partial charge < -0.3 is 14.6 Å². The summed E-state index contributed by atoms with van der Waals surface area (Å²) in [5.41, 5.74) is 0.690. The van der Waals surface area contributed by atoms with E-state index in [2.05, 4.69) is 15.9 Å². The van der Waals surface area contributed by atoms with Crippen molar-refractivity contribution in [3.63, 3.8) is 0 Å². The zero-order chi connectivity index (χ0) is 13.8. The molecule has 5 heteroatoms. The van der Waals surface area contributed by atoms with Gasteiger partial charge in [0.2, 0.25) is 0 Å². The Morgan fingerprint density at radius 3 is 2.68 bits per heavy atom. The van der Waals surface area contributed by atoms with Gasteiger partial charge in [0.15, 0.2) is 11.5 Å². The molecule has 19 heavy (non-hydrogen) atoms. The van der Waals surface area contributed by atoms with Crippen molar-refractivity contribution < 1.29 is 19.4 Å². The highest BCUT2D eigenvalue weighted by Crippen LogP contribution is 2.39. The summed E-state index contributed by atoms with van der Waals surface area (Å²) in [4.78, 5) is 10.8. The largest absolute Gasteiger partial charge is 0.493 e. The van der Waals surface area contributed by atoms with Crippen molar-refractivity contribution in [2.24, 2.45) is 0 Å². The number of hydrogen-bond donors (Lipinski definition) is 1. The summed E-state index contributed by atoms with van der Waals surface area (Å²) in [6.07, 6.45) is 4.72. The van der Waals surface area contributed by atoms with Crippen LogP contribution in [0.25, 0.3) is 0 Å². The molecule has 1 fully saturated rings. The van der Waals surface area contributed by atoms with Crippen LogP contribution in [0.15, 0.2) is 16.6 Å². The first kappa shape index (κ1) is 14.2. The maximum Gasteiger partial charge on any atom is 0.307 e. The Balaban J connectivity index is 2.23. The lowest BCUT2D eigenvalue weighted by molar-refractivity contribution is -0.136. The Labute approximate surface area is 120 Å². The molecule has 0 amide bonds. The van der Waals surface area contributed by atoms with Gasteiger partial charge in [-0.15, -0.1) is 0 Å². The molecule has 0 aromatic heterocycles. The maximum atomic E-state index is 10.8. The Bertz CT molecular complexity index is 467. The van der Waals surface area contributed by atoms with Gasteiger partial charge >= 0.3 is 5.97 Å². The van der Waals surface area contributed by atoms with Gasteiger partial charge in [-0.25, -0.2) is 0 Å². The van der Waals surface area contributed by atoms with Crippen molar-refractivity contribution >= 4 is 21.9 Å². The van der Waals surface area contributed by atoms with E-state index in [0.717, 1.165) is 17.3 Å². The molecule has 1 aromatic rings. The van der Waals surface area contributed by atoms with Crippen LogP contribution in [0.2, 0.25) is 0 Å². The lowest BCUT2D eigenvalue weighted by atomic mass is 10.1. The molecule has 0 aliphatic heterocycles. The Morgan fingerprint density at radius 2 is 2.11 bits per heavy atom. The van der Waals surface area contributed by atoms with Crippen molar-refractivity contribution in [3.05, 3.63) is 22.2 Å². The SMILES string of the molecule is COc1cc(CC(=O)O)cc(Br)c1OC1CCCC1. The quantitative estimate of drug-likeness (QED) is 0.899. The van der Waals surface area contributed by atoms with Crippen LogP contribution in [0.4, 0.5) is 0 Å². The fourth-order valence-corrected chi connectivity index (χ4v) is 2.92. The molecule has 0 radical (unpaired) electrons. The number of hydrogen-bond acceptors (Lipinski definition) is 3. The third-order valence-electron chi connectivity index (χ3n) is 3.23. The molecule has 0 heterocycles. The third-order valence-corrected chi connectivity index (χ3v) is 3.82. The number of rotatable bonds is 5. The van der Waals surface area contributed by atoms with E-state index in [1.807, 2.05) is 0 Å². The molecule has 0 atom stereocenters. The highest BCUT2D eigenvalue weighted by atomic mass is 79.9. The van der Waals surface area contributed by atoms with Crippen LogP contribution >= 0.6 is 15.9 Å². The van der Waals surface area contributed by atoms with E-state index in [0.29, 0.717) is 17.1 Å². The average molecular weight is 329 g/mol. The van der Waals surface area contributed by atoms with Crippen LogP contribution in [0, 0.1) is 0 Å². The molecule has 2 rings (SSSR count). The molecular formula is C14H17BrO4. The molecule has 104 valence electrons. The molecular weight excluding hydrogens is 312 g/mol. The van der Waals surface area contributed by atoms with Crippen LogP contribution in [0.5, 0.6) is 11.5 Å². The second-order valence-electron chi connectivity index (χ2n) is 4.70. The number of halogens is 1. The van der Waals surface area contributed by atoms with E-state index in [9.17, 15) is 4.79 Å². The van der Waals surface area contributed by atoms with E-state index in [-0.39, 0.29) is 12.5 Å². The van der Waals surface area contributed by atoms with Crippen LogP contribution in [0.3, 0.4) is 0 Å². The third kappa shape index (κ3) is 3.62. The number of carboxylic acid groups (broad SMARTS) is 1. The second kappa shape index (κ2) is 6.28. The average Bonchev–Trinajstić information content (AvgIpc) is 2.84. The summed E-state index contributed by atoms with van der Waals surface area (Å²) in [5, 5.41) is 8.83. The fraction of sp³-hybridized carbons (Fsp3) is 0.500. The number of aliphatic carboxylic acids is 1. The summed E-state index contributed by atoms with van der Waals surface area (Å²) >= 11 is 3.44. The smallest absolute Gasteiger partial charge is 0.307 e. The Kier molecular flexibility index (Phi) is 4.69. The molecule has 0 spiro atoms. The van der Waals surface area contributed by atoms with Crippen LogP contribution in [0.1, 0.15) is 31.2 Å². The molecule has 4 nitrogen and oxygen atoms in total. The molecule has 1 aromatic carbocycles. The van der Waals surface area contributed by atoms with Gasteiger partial charge in [0.25, 0.3) is 0 Å². The fourth-order valence-electron chi connectivity index (χ4n) is 2.34. The molecule has 0 bridgehead atoms. The maximum absolute atomic E-state index is 10.8. The van der Waals surface area contributed by atoms with Crippen molar-refractivity contribution in [2.45, 2.75) is 38.2 Å². The summed E-state index contributed by atoms with van der Waals surface area (Å²) in [6, 6.07) is 3.50. The normalized spacial score (nSPS) is 15.5. The van der Waals surface area contributed by atoms with Gasteiger partial charge in [-0.2, -0.15) is 0 Å². The minimum absolute atomic E-state index is 0.0291. The monoisotopic (exact) mass is 328 g/mol. The van der Waals surface area contributed by atoms with Gasteiger partial charge in [-0.3, -0.25) is 4.79 Å². The minimum Gasteiger partial charge on any atom is -0.493 e. The van der Waals surface area contributed by atoms with Crippen LogP contribution in [-0.2, 0) is 11.2 Å². The summed E-state index contributed by atoms with van der Waals surface area (Å²) in [5.74, 6) is 0.388. The van der Waals surface area contributed by atoms with Crippen LogP contribution in [-0.4, -0.2) is 24.3 Å². The van der Waals surface area contributed by atoms with Gasteiger partial charge in [-0.05, 0) is 59.3 Å². The first-order valence-corrected chi connectivity index (χ1v) is 7.14. The number of carbonyl (C=O) groups is 1. The number of benzene rings is 1. The van der Waals surface area contributed by atoms with E-state index in [4.69, 9.17) is 14.6 Å². The summed E-state index contributed by atoms with van der Waals surface area (Å²) in [7, 11) is 1.56. The first-order chi connectivity index (χ1) is 9.10. The van der Waals surface area contributed by atoms with E-state index in [1.54, 1.807) is 19.2 Å². The minimum atomic E-state index is -0.863. The standard InChI is InChI=1S/C14H17BrO4/c1-18-12-7-9(8-13(16)17)6-11(15)14(12)19-10-4-2-3-5-10/h6-7,10H,2-5,8H2,1H3,(H,16,17). The number of ether oxygens (including phenoxy) is 2. The summed E-state index contributed by atoms with van der Waals surface area (Å²) in [6.45, 7) is 0. The zero-order valence-electron chi connectivity index (χ0n) is 10.8. The molecule has 0 saturated heterocycles. The highest BCUT2D eigenvalue weighted by Gasteiger charge is 2.21. The van der Waals surface area contributed by atoms with Crippen molar-refractivity contribution in [1.29, 1.82) is 0 Å². The molecule has 0 unspecified atom stereocenters. The lowest BCUT2D eigenvalue weighted by Crippen LogP contribution is -2.12. The second-order valence-corrected chi connectivity index (χ2v) is 5.56. The first-order valence-electron chi connectivity index (χ1n) is 6.35. The van der Waals surface area contributed by atoms with E-state index >= 15 is 0 Å². The van der Waals surface area contributed by atoms with E-state index in [1.165, 1.54) is 12.8 Å². The Morgan fingerprint density at radius 1 is 1.42 bits per heavy atom. The van der Waals surface area contributed by atoms with Gasteiger partial charge in [-0.1, -0.05) is 0 Å². The van der Waals surface area contributed by atoms with Gasteiger partial charge in [0.1, 0.15) is 0 Å². The highest BCUT2D eigenvalue weighted by molar-refractivity contribution is 9.10.